The van der Waals surface area contributed by atoms with E-state index in [0.717, 1.165) is 25.2 Å². The van der Waals surface area contributed by atoms with Crippen LogP contribution in [0.1, 0.15) is 25.8 Å². The van der Waals surface area contributed by atoms with Gasteiger partial charge in [-0.15, -0.1) is 0 Å². The molecule has 0 saturated heterocycles. The molecule has 3 rings (SSSR count). The number of nitrogens with zero attached hydrogens (tertiary/aromatic N) is 2. The molecule has 3 N–H and O–H groups in total. The standard InChI is InChI=1S/C18H23N5/c1-3-13(2)22-18-20-11-9-17(23-18)19-10-8-14-12-21-16-7-5-4-6-15(14)16/h4-7,9,11-13,21H,3,8,10H2,1-2H3,(H2,19,20,22,23). The quantitative estimate of drug-likeness (QED) is 0.620. The van der Waals surface area contributed by atoms with Gasteiger partial charge in [0, 0.05) is 35.9 Å². The monoisotopic (exact) mass is 309 g/mol. The lowest BCUT2D eigenvalue weighted by molar-refractivity contribution is 0.753. The zero-order valence-corrected chi connectivity index (χ0v) is 13.6. The maximum absolute atomic E-state index is 4.50. The highest BCUT2D eigenvalue weighted by atomic mass is 15.1. The van der Waals surface area contributed by atoms with Crippen LogP contribution in [0.15, 0.2) is 42.7 Å². The van der Waals surface area contributed by atoms with Gasteiger partial charge in [0.15, 0.2) is 0 Å². The number of rotatable bonds is 7. The number of para-hydroxylation sites is 1. The van der Waals surface area contributed by atoms with E-state index in [1.165, 1.54) is 16.5 Å². The molecule has 0 spiro atoms. The molecule has 2 aromatic heterocycles. The molecule has 120 valence electrons. The van der Waals surface area contributed by atoms with E-state index in [2.05, 4.69) is 63.8 Å². The summed E-state index contributed by atoms with van der Waals surface area (Å²) in [6.45, 7) is 5.10. The highest BCUT2D eigenvalue weighted by Crippen LogP contribution is 2.18. The first kappa shape index (κ1) is 15.3. The number of benzene rings is 1. The van der Waals surface area contributed by atoms with Crippen molar-refractivity contribution in [1.82, 2.24) is 15.0 Å². The summed E-state index contributed by atoms with van der Waals surface area (Å²) < 4.78 is 0. The summed E-state index contributed by atoms with van der Waals surface area (Å²) in [5, 5.41) is 7.96. The van der Waals surface area contributed by atoms with Crippen molar-refractivity contribution in [2.45, 2.75) is 32.7 Å². The number of aromatic amines is 1. The van der Waals surface area contributed by atoms with Crippen LogP contribution in [0.4, 0.5) is 11.8 Å². The van der Waals surface area contributed by atoms with Crippen molar-refractivity contribution < 1.29 is 0 Å². The van der Waals surface area contributed by atoms with Gasteiger partial charge >= 0.3 is 0 Å². The van der Waals surface area contributed by atoms with Gasteiger partial charge in [0.05, 0.1) is 0 Å². The Bertz CT molecular complexity index is 765. The molecule has 5 nitrogen and oxygen atoms in total. The molecule has 0 bridgehead atoms. The summed E-state index contributed by atoms with van der Waals surface area (Å²) in [7, 11) is 0. The van der Waals surface area contributed by atoms with E-state index in [4.69, 9.17) is 0 Å². The van der Waals surface area contributed by atoms with Crippen LogP contribution in [0.2, 0.25) is 0 Å². The van der Waals surface area contributed by atoms with Gasteiger partial charge in [-0.1, -0.05) is 25.1 Å². The number of hydrogen-bond acceptors (Lipinski definition) is 4. The van der Waals surface area contributed by atoms with E-state index in [1.807, 2.05) is 12.1 Å². The molecule has 5 heteroatoms. The van der Waals surface area contributed by atoms with Gasteiger partial charge in [-0.3, -0.25) is 0 Å². The fourth-order valence-corrected chi connectivity index (χ4v) is 2.51. The van der Waals surface area contributed by atoms with E-state index < -0.39 is 0 Å². The minimum atomic E-state index is 0.372. The smallest absolute Gasteiger partial charge is 0.224 e. The van der Waals surface area contributed by atoms with Crippen LogP contribution in [-0.2, 0) is 6.42 Å². The maximum Gasteiger partial charge on any atom is 0.224 e. The molecule has 0 fully saturated rings. The van der Waals surface area contributed by atoms with E-state index in [-0.39, 0.29) is 0 Å². The molecule has 0 aliphatic rings. The van der Waals surface area contributed by atoms with E-state index in [9.17, 15) is 0 Å². The van der Waals surface area contributed by atoms with Gasteiger partial charge in [-0.2, -0.15) is 4.98 Å². The van der Waals surface area contributed by atoms with E-state index in [0.29, 0.717) is 12.0 Å². The third kappa shape index (κ3) is 3.80. The largest absolute Gasteiger partial charge is 0.370 e. The van der Waals surface area contributed by atoms with Crippen LogP contribution in [0, 0.1) is 0 Å². The Morgan fingerprint density at radius 2 is 2.09 bits per heavy atom. The first-order valence-electron chi connectivity index (χ1n) is 8.14. The summed E-state index contributed by atoms with van der Waals surface area (Å²) in [6, 6.07) is 10.6. The molecule has 0 amide bonds. The van der Waals surface area contributed by atoms with Gasteiger partial charge < -0.3 is 15.6 Å². The highest BCUT2D eigenvalue weighted by molar-refractivity contribution is 5.83. The van der Waals surface area contributed by atoms with Gasteiger partial charge in [0.1, 0.15) is 5.82 Å². The van der Waals surface area contributed by atoms with Crippen LogP contribution in [-0.4, -0.2) is 27.5 Å². The zero-order chi connectivity index (χ0) is 16.1. The van der Waals surface area contributed by atoms with E-state index >= 15 is 0 Å². The Kier molecular flexibility index (Phi) is 4.76. The Morgan fingerprint density at radius 1 is 1.22 bits per heavy atom. The number of H-pyrrole nitrogens is 1. The molecule has 0 saturated carbocycles. The molecular weight excluding hydrogens is 286 g/mol. The second kappa shape index (κ2) is 7.13. The topological polar surface area (TPSA) is 65.6 Å². The Labute approximate surface area is 136 Å². The van der Waals surface area contributed by atoms with Crippen LogP contribution >= 0.6 is 0 Å². The molecular formula is C18H23N5. The number of hydrogen-bond donors (Lipinski definition) is 3. The third-order valence-electron chi connectivity index (χ3n) is 4.02. The summed E-state index contributed by atoms with van der Waals surface area (Å²) >= 11 is 0. The normalized spacial score (nSPS) is 12.3. The lowest BCUT2D eigenvalue weighted by atomic mass is 10.1. The molecule has 0 aliphatic carbocycles. The third-order valence-corrected chi connectivity index (χ3v) is 4.02. The Hall–Kier alpha value is -2.56. The second-order valence-corrected chi connectivity index (χ2v) is 5.76. The van der Waals surface area contributed by atoms with Crippen molar-refractivity contribution in [2.24, 2.45) is 0 Å². The first-order valence-corrected chi connectivity index (χ1v) is 8.14. The molecule has 0 aliphatic heterocycles. The molecule has 0 radical (unpaired) electrons. The number of anilines is 2. The molecule has 1 aromatic carbocycles. The molecule has 23 heavy (non-hydrogen) atoms. The van der Waals surface area contributed by atoms with Crippen LogP contribution in [0.5, 0.6) is 0 Å². The lowest BCUT2D eigenvalue weighted by Gasteiger charge is -2.12. The minimum absolute atomic E-state index is 0.372. The predicted octanol–water partition coefficient (Wildman–Crippen LogP) is 3.82. The van der Waals surface area contributed by atoms with Crippen molar-refractivity contribution >= 4 is 22.7 Å². The first-order chi connectivity index (χ1) is 11.3. The number of nitrogens with one attached hydrogen (secondary N) is 3. The predicted molar refractivity (Wildman–Crippen MR) is 95.9 cm³/mol. The van der Waals surface area contributed by atoms with Gasteiger partial charge in [-0.25, -0.2) is 4.98 Å². The molecule has 2 heterocycles. The zero-order valence-electron chi connectivity index (χ0n) is 13.6. The summed E-state index contributed by atoms with van der Waals surface area (Å²) in [4.78, 5) is 12.1. The van der Waals surface area contributed by atoms with Crippen molar-refractivity contribution in [3.8, 4) is 0 Å². The average molecular weight is 309 g/mol. The van der Waals surface area contributed by atoms with Crippen molar-refractivity contribution in [3.63, 3.8) is 0 Å². The molecule has 3 aromatic rings. The maximum atomic E-state index is 4.50. The van der Waals surface area contributed by atoms with Crippen molar-refractivity contribution in [1.29, 1.82) is 0 Å². The highest BCUT2D eigenvalue weighted by Gasteiger charge is 2.04. The van der Waals surface area contributed by atoms with Crippen LogP contribution in [0.25, 0.3) is 10.9 Å². The SMILES string of the molecule is CCC(C)Nc1nccc(NCCc2c[nH]c3ccccc23)n1. The van der Waals surface area contributed by atoms with Gasteiger partial charge in [0.25, 0.3) is 0 Å². The summed E-state index contributed by atoms with van der Waals surface area (Å²) in [5.41, 5.74) is 2.50. The van der Waals surface area contributed by atoms with Crippen molar-refractivity contribution in [2.75, 3.05) is 17.2 Å². The number of aromatic nitrogens is 3. The van der Waals surface area contributed by atoms with Crippen molar-refractivity contribution in [3.05, 3.63) is 48.3 Å². The summed E-state index contributed by atoms with van der Waals surface area (Å²) in [5.74, 6) is 1.53. The van der Waals surface area contributed by atoms with Gasteiger partial charge in [-0.05, 0) is 37.5 Å². The number of fused-ring (bicyclic) bond motifs is 1. The minimum Gasteiger partial charge on any atom is -0.370 e. The van der Waals surface area contributed by atoms with Crippen LogP contribution in [0.3, 0.4) is 0 Å². The average Bonchev–Trinajstić information content (AvgIpc) is 2.98. The Balaban J connectivity index is 1.59. The van der Waals surface area contributed by atoms with Gasteiger partial charge in [0.2, 0.25) is 5.95 Å². The fraction of sp³-hybridized carbons (Fsp3) is 0.333. The molecule has 1 unspecified atom stereocenters. The summed E-state index contributed by atoms with van der Waals surface area (Å²) in [6.07, 6.45) is 5.86. The van der Waals surface area contributed by atoms with Crippen LogP contribution < -0.4 is 10.6 Å². The lowest BCUT2D eigenvalue weighted by Crippen LogP contribution is -2.16. The Morgan fingerprint density at radius 3 is 2.96 bits per heavy atom. The van der Waals surface area contributed by atoms with E-state index in [1.54, 1.807) is 6.20 Å². The second-order valence-electron chi connectivity index (χ2n) is 5.76. The molecule has 1 atom stereocenters. The fourth-order valence-electron chi connectivity index (χ4n) is 2.51.